The molecule has 3 aromatic rings. The summed E-state index contributed by atoms with van der Waals surface area (Å²) in [7, 11) is 2.17. The van der Waals surface area contributed by atoms with E-state index in [1.165, 1.54) is 24.1 Å². The molecule has 0 spiro atoms. The average molecular weight is 451 g/mol. The highest BCUT2D eigenvalue weighted by atomic mass is 35.5. The number of fused-ring (bicyclic) bond motifs is 2. The van der Waals surface area contributed by atoms with Crippen molar-refractivity contribution in [3.63, 3.8) is 0 Å². The number of likely N-dealkylation sites (N-methyl/N-ethyl adjacent to an activating group) is 1. The molecular formula is C26H31ClN4O. The number of anilines is 1. The van der Waals surface area contributed by atoms with E-state index >= 15 is 0 Å². The van der Waals surface area contributed by atoms with Crippen molar-refractivity contribution in [2.75, 3.05) is 31.6 Å². The Hall–Kier alpha value is -2.37. The van der Waals surface area contributed by atoms with Crippen LogP contribution in [0.15, 0.2) is 36.4 Å². The van der Waals surface area contributed by atoms with Crippen molar-refractivity contribution in [2.45, 2.75) is 51.6 Å². The van der Waals surface area contributed by atoms with Crippen LogP contribution in [0.3, 0.4) is 0 Å². The predicted molar refractivity (Wildman–Crippen MR) is 131 cm³/mol. The van der Waals surface area contributed by atoms with Crippen molar-refractivity contribution in [1.29, 1.82) is 0 Å². The zero-order valence-corrected chi connectivity index (χ0v) is 19.9. The van der Waals surface area contributed by atoms with Gasteiger partial charge in [0.15, 0.2) is 0 Å². The van der Waals surface area contributed by atoms with Gasteiger partial charge in [0.1, 0.15) is 6.61 Å². The molecule has 2 aromatic carbocycles. The van der Waals surface area contributed by atoms with Crippen molar-refractivity contribution in [1.82, 2.24) is 14.9 Å². The van der Waals surface area contributed by atoms with E-state index in [0.717, 1.165) is 53.2 Å². The van der Waals surface area contributed by atoms with Crippen molar-refractivity contribution in [3.05, 3.63) is 58.4 Å². The van der Waals surface area contributed by atoms with Gasteiger partial charge in [-0.2, -0.15) is 9.97 Å². The molecular weight excluding hydrogens is 420 g/mol. The maximum Gasteiger partial charge on any atom is 0.316 e. The minimum absolute atomic E-state index is 0.335. The molecule has 2 aliphatic rings. The Balaban J connectivity index is 1.46. The quantitative estimate of drug-likeness (QED) is 0.517. The van der Waals surface area contributed by atoms with Crippen LogP contribution in [0, 0.1) is 0 Å². The van der Waals surface area contributed by atoms with Crippen LogP contribution in [0.25, 0.3) is 10.8 Å². The van der Waals surface area contributed by atoms with Crippen LogP contribution in [0.5, 0.6) is 6.01 Å². The van der Waals surface area contributed by atoms with Crippen molar-refractivity contribution in [3.8, 4) is 6.01 Å². The largest absolute Gasteiger partial charge is 0.462 e. The van der Waals surface area contributed by atoms with Crippen LogP contribution < -0.4 is 9.64 Å². The molecule has 3 heterocycles. The van der Waals surface area contributed by atoms with E-state index in [4.69, 9.17) is 26.3 Å². The first-order chi connectivity index (χ1) is 15.5. The van der Waals surface area contributed by atoms with E-state index < -0.39 is 0 Å². The summed E-state index contributed by atoms with van der Waals surface area (Å²) in [6.07, 6.45) is 3.33. The van der Waals surface area contributed by atoms with Gasteiger partial charge in [-0.3, -0.25) is 0 Å². The number of rotatable bonds is 5. The number of halogens is 1. The molecule has 0 aliphatic carbocycles. The van der Waals surface area contributed by atoms with Crippen molar-refractivity contribution >= 4 is 28.1 Å². The summed E-state index contributed by atoms with van der Waals surface area (Å²) in [5.74, 6) is 0.335. The lowest BCUT2D eigenvalue weighted by atomic mass is 9.96. The molecule has 1 atom stereocenters. The first-order valence-corrected chi connectivity index (χ1v) is 12.0. The number of aromatic nitrogens is 2. The van der Waals surface area contributed by atoms with E-state index in [2.05, 4.69) is 55.0 Å². The lowest BCUT2D eigenvalue weighted by Crippen LogP contribution is -2.33. The molecule has 32 heavy (non-hydrogen) atoms. The van der Waals surface area contributed by atoms with Gasteiger partial charge in [-0.15, -0.1) is 0 Å². The standard InChI is InChI=1S/C26H31ClN4O/c1-17(2)25-20-12-14-31(23-11-5-8-18-7-4-10-21(27)24(18)23)15-22(20)28-26(29-25)32-16-19-9-6-13-30(19)3/h4-5,7-8,10-11,17,19H,6,9,12-16H2,1-3H3/t19-/m1/s1. The number of hydrogen-bond acceptors (Lipinski definition) is 5. The monoisotopic (exact) mass is 450 g/mol. The second-order valence-corrected chi connectivity index (χ2v) is 9.75. The van der Waals surface area contributed by atoms with Gasteiger partial charge in [0.25, 0.3) is 0 Å². The Bertz CT molecular complexity index is 1130. The Morgan fingerprint density at radius 2 is 1.94 bits per heavy atom. The third kappa shape index (κ3) is 4.04. The highest BCUT2D eigenvalue weighted by Gasteiger charge is 2.26. The van der Waals surface area contributed by atoms with Crippen molar-refractivity contribution in [2.24, 2.45) is 0 Å². The molecule has 6 heteroatoms. The van der Waals surface area contributed by atoms with Crippen LogP contribution in [-0.2, 0) is 13.0 Å². The summed E-state index contributed by atoms with van der Waals surface area (Å²) in [5.41, 5.74) is 4.65. The number of likely N-dealkylation sites (tertiary alicyclic amines) is 1. The average Bonchev–Trinajstić information content (AvgIpc) is 3.21. The van der Waals surface area contributed by atoms with E-state index in [-0.39, 0.29) is 0 Å². The molecule has 1 aromatic heterocycles. The van der Waals surface area contributed by atoms with Crippen LogP contribution in [0.4, 0.5) is 5.69 Å². The van der Waals surface area contributed by atoms with Crippen molar-refractivity contribution < 1.29 is 4.74 Å². The summed E-state index contributed by atoms with van der Waals surface area (Å²) in [6.45, 7) is 7.85. The van der Waals surface area contributed by atoms with Gasteiger partial charge in [0.05, 0.1) is 23.0 Å². The summed E-state index contributed by atoms with van der Waals surface area (Å²) in [6, 6.07) is 13.5. The molecule has 5 rings (SSSR count). The fourth-order valence-corrected chi connectivity index (χ4v) is 5.36. The molecule has 168 valence electrons. The predicted octanol–water partition coefficient (Wildman–Crippen LogP) is 5.44. The van der Waals surface area contributed by atoms with Gasteiger partial charge in [0, 0.05) is 23.7 Å². The number of hydrogen-bond donors (Lipinski definition) is 0. The van der Waals surface area contributed by atoms with Gasteiger partial charge >= 0.3 is 6.01 Å². The Morgan fingerprint density at radius 1 is 1.12 bits per heavy atom. The number of nitrogens with zero attached hydrogens (tertiary/aromatic N) is 4. The number of benzene rings is 2. The van der Waals surface area contributed by atoms with Gasteiger partial charge in [0.2, 0.25) is 0 Å². The van der Waals surface area contributed by atoms with E-state index in [0.29, 0.717) is 24.6 Å². The van der Waals surface area contributed by atoms with E-state index in [1.807, 2.05) is 12.1 Å². The van der Waals surface area contributed by atoms with E-state index in [9.17, 15) is 0 Å². The topological polar surface area (TPSA) is 41.5 Å². The summed E-state index contributed by atoms with van der Waals surface area (Å²) >= 11 is 6.61. The second kappa shape index (κ2) is 8.87. The van der Waals surface area contributed by atoms with Crippen LogP contribution >= 0.6 is 11.6 Å². The maximum absolute atomic E-state index is 6.61. The van der Waals surface area contributed by atoms with Gasteiger partial charge < -0.3 is 14.5 Å². The molecule has 2 aliphatic heterocycles. The summed E-state index contributed by atoms with van der Waals surface area (Å²) < 4.78 is 6.14. The fraction of sp³-hybridized carbons (Fsp3) is 0.462. The van der Waals surface area contributed by atoms with Crippen LogP contribution in [-0.4, -0.2) is 47.7 Å². The Labute approximate surface area is 195 Å². The molecule has 0 saturated carbocycles. The highest BCUT2D eigenvalue weighted by molar-refractivity contribution is 6.36. The highest BCUT2D eigenvalue weighted by Crippen LogP contribution is 2.36. The minimum atomic E-state index is 0.335. The first kappa shape index (κ1) is 21.5. The van der Waals surface area contributed by atoms with E-state index in [1.54, 1.807) is 0 Å². The molecule has 1 saturated heterocycles. The lowest BCUT2D eigenvalue weighted by Gasteiger charge is -2.32. The van der Waals surface area contributed by atoms with Crippen LogP contribution in [0.1, 0.15) is 49.6 Å². The zero-order chi connectivity index (χ0) is 22.2. The summed E-state index contributed by atoms with van der Waals surface area (Å²) in [5, 5.41) is 3.06. The normalized spacial score (nSPS) is 19.0. The molecule has 0 unspecified atom stereocenters. The van der Waals surface area contributed by atoms with Gasteiger partial charge in [-0.05, 0) is 61.9 Å². The molecule has 0 amide bonds. The third-order valence-corrected chi connectivity index (χ3v) is 7.19. The molecule has 0 radical (unpaired) electrons. The summed E-state index contributed by atoms with van der Waals surface area (Å²) in [4.78, 5) is 14.5. The first-order valence-electron chi connectivity index (χ1n) is 11.7. The maximum atomic E-state index is 6.61. The molecule has 0 bridgehead atoms. The Kier molecular flexibility index (Phi) is 5.95. The molecule has 1 fully saturated rings. The second-order valence-electron chi connectivity index (χ2n) is 9.35. The van der Waals surface area contributed by atoms with Gasteiger partial charge in [-0.1, -0.05) is 49.7 Å². The van der Waals surface area contributed by atoms with Crippen LogP contribution in [0.2, 0.25) is 5.02 Å². The minimum Gasteiger partial charge on any atom is -0.462 e. The fourth-order valence-electron chi connectivity index (χ4n) is 5.08. The molecule has 5 nitrogen and oxygen atoms in total. The SMILES string of the molecule is CC(C)c1nc(OC[C@H]2CCCN2C)nc2c1CCN(c1cccc3cccc(Cl)c13)C2. The van der Waals surface area contributed by atoms with Gasteiger partial charge in [-0.25, -0.2) is 0 Å². The zero-order valence-electron chi connectivity index (χ0n) is 19.1. The Morgan fingerprint density at radius 3 is 2.69 bits per heavy atom. The lowest BCUT2D eigenvalue weighted by molar-refractivity contribution is 0.186. The molecule has 0 N–H and O–H groups in total. The third-order valence-electron chi connectivity index (χ3n) is 6.87. The number of ether oxygens (including phenoxy) is 1. The smallest absolute Gasteiger partial charge is 0.316 e.